The van der Waals surface area contributed by atoms with Crippen molar-refractivity contribution in [2.75, 3.05) is 0 Å². The average molecular weight is 118 g/mol. The summed E-state index contributed by atoms with van der Waals surface area (Å²) in [6, 6.07) is 0. The van der Waals surface area contributed by atoms with Crippen molar-refractivity contribution in [3.05, 3.63) is 0 Å². The van der Waals surface area contributed by atoms with E-state index in [1.807, 2.05) is 0 Å². The van der Waals surface area contributed by atoms with Crippen molar-refractivity contribution in [1.29, 1.82) is 0 Å². The van der Waals surface area contributed by atoms with Crippen LogP contribution in [0.1, 0.15) is 0 Å². The quantitative estimate of drug-likeness (QED) is 0.211. The molecule has 0 aliphatic carbocycles. The summed E-state index contributed by atoms with van der Waals surface area (Å²) in [5.41, 5.74) is 15.9. The first kappa shape index (κ1) is 4.55. The minimum absolute atomic E-state index is 1.55. The largest absolute Gasteiger partial charge is 0.161 e. The Kier molecular flexibility index (Phi) is 0.898. The standard InChI is InChI=1S/H6N8/c1-3-7(4-1)8-5-2-6-8/h1-6H. The molecule has 2 fully saturated rings. The van der Waals surface area contributed by atoms with Gasteiger partial charge in [-0.05, 0) is 10.5 Å². The highest BCUT2D eigenvalue weighted by Gasteiger charge is 2.25. The van der Waals surface area contributed by atoms with Crippen LogP contribution in [0.2, 0.25) is 0 Å². The lowest BCUT2D eigenvalue weighted by Crippen LogP contribution is -2.89. The number of hydrogen-bond donors (Lipinski definition) is 6. The van der Waals surface area contributed by atoms with Gasteiger partial charge in [0.15, 0.2) is 0 Å². The van der Waals surface area contributed by atoms with Gasteiger partial charge in [0.2, 0.25) is 0 Å². The maximum atomic E-state index is 2.68. The maximum absolute atomic E-state index is 2.68. The van der Waals surface area contributed by atoms with E-state index in [4.69, 9.17) is 0 Å². The topological polar surface area (TPSA) is 78.7 Å². The van der Waals surface area contributed by atoms with Gasteiger partial charge in [-0.2, -0.15) is 11.1 Å². The van der Waals surface area contributed by atoms with E-state index < -0.39 is 0 Å². The molecular weight excluding hydrogens is 112 g/mol. The van der Waals surface area contributed by atoms with Crippen molar-refractivity contribution in [2.24, 2.45) is 0 Å². The van der Waals surface area contributed by atoms with Crippen molar-refractivity contribution in [3.8, 4) is 0 Å². The predicted molar refractivity (Wildman–Crippen MR) is 22.5 cm³/mol. The van der Waals surface area contributed by atoms with Crippen LogP contribution in [0.3, 0.4) is 0 Å². The lowest BCUT2D eigenvalue weighted by molar-refractivity contribution is -0.331. The molecule has 2 heterocycles. The molecule has 2 rings (SSSR count). The number of nitrogens with zero attached hydrogens (tertiary/aromatic N) is 2. The summed E-state index contributed by atoms with van der Waals surface area (Å²) in [4.78, 5) is 0. The van der Waals surface area contributed by atoms with Gasteiger partial charge in [-0.1, -0.05) is 0 Å². The van der Waals surface area contributed by atoms with E-state index in [-0.39, 0.29) is 0 Å². The second-order valence-electron chi connectivity index (χ2n) is 1.32. The first-order valence-corrected chi connectivity index (χ1v) is 2.09. The van der Waals surface area contributed by atoms with E-state index in [0.29, 0.717) is 0 Å². The van der Waals surface area contributed by atoms with Crippen molar-refractivity contribution in [3.63, 3.8) is 0 Å². The summed E-state index contributed by atoms with van der Waals surface area (Å²) in [5.74, 6) is 0. The van der Waals surface area contributed by atoms with Crippen molar-refractivity contribution in [1.82, 2.24) is 43.7 Å². The van der Waals surface area contributed by atoms with E-state index >= 15 is 0 Å². The highest BCUT2D eigenvalue weighted by molar-refractivity contribution is 4.38. The Morgan fingerprint density at radius 2 is 1.00 bits per heavy atom. The van der Waals surface area contributed by atoms with Crippen LogP contribution in [0, 0.1) is 0 Å². The summed E-state index contributed by atoms with van der Waals surface area (Å²) < 4.78 is 0. The minimum atomic E-state index is 1.55. The molecule has 2 aliphatic rings. The lowest BCUT2D eigenvalue weighted by atomic mass is 11.7. The fourth-order valence-electron chi connectivity index (χ4n) is 0.412. The first-order chi connectivity index (χ1) is 3.97. The van der Waals surface area contributed by atoms with Crippen LogP contribution < -0.4 is 33.2 Å². The molecule has 8 nitrogen and oxygen atoms in total. The fraction of sp³-hybridized carbons (Fsp3) is 0. The van der Waals surface area contributed by atoms with Crippen LogP contribution in [0.15, 0.2) is 0 Å². The maximum Gasteiger partial charge on any atom is -0.0472 e. The summed E-state index contributed by atoms with van der Waals surface area (Å²) >= 11 is 0. The first-order valence-electron chi connectivity index (χ1n) is 2.09. The Balaban J connectivity index is 1.79. The molecule has 8 heteroatoms. The zero-order valence-electron chi connectivity index (χ0n) is 3.89. The van der Waals surface area contributed by atoms with Crippen molar-refractivity contribution >= 4 is 0 Å². The van der Waals surface area contributed by atoms with Gasteiger partial charge in [0.25, 0.3) is 0 Å². The zero-order chi connectivity index (χ0) is 5.40. The van der Waals surface area contributed by atoms with Gasteiger partial charge in [-0.25, -0.2) is 0 Å². The van der Waals surface area contributed by atoms with Crippen molar-refractivity contribution < 1.29 is 0 Å². The molecule has 0 atom stereocenters. The van der Waals surface area contributed by atoms with Crippen molar-refractivity contribution in [2.45, 2.75) is 0 Å². The molecule has 2 aliphatic heterocycles. The molecule has 8 heavy (non-hydrogen) atoms. The molecule has 0 aromatic carbocycles. The Bertz CT molecular complexity index is 66.0. The summed E-state index contributed by atoms with van der Waals surface area (Å²) in [5, 5.41) is 3.10. The molecule has 0 bridgehead atoms. The number of rotatable bonds is 1. The summed E-state index contributed by atoms with van der Waals surface area (Å²) in [6.07, 6.45) is 0. The van der Waals surface area contributed by atoms with E-state index in [2.05, 4.69) is 33.2 Å². The summed E-state index contributed by atoms with van der Waals surface area (Å²) in [6.45, 7) is 0. The molecule has 0 radical (unpaired) electrons. The molecule has 6 N–H and O–H groups in total. The van der Waals surface area contributed by atoms with Crippen LogP contribution in [-0.4, -0.2) is 10.5 Å². The van der Waals surface area contributed by atoms with Gasteiger partial charge >= 0.3 is 0 Å². The molecule has 0 aromatic rings. The van der Waals surface area contributed by atoms with Gasteiger partial charge in [-0.15, -0.1) is 22.1 Å². The van der Waals surface area contributed by atoms with Gasteiger partial charge in [0.05, 0.1) is 0 Å². The Hall–Kier alpha value is -0.320. The molecule has 2 saturated heterocycles. The van der Waals surface area contributed by atoms with E-state index in [0.717, 1.165) is 0 Å². The highest BCUT2D eigenvalue weighted by Crippen LogP contribution is 1.83. The number of nitrogens with one attached hydrogen (secondary N) is 6. The smallest absolute Gasteiger partial charge is 0.0472 e. The third-order valence-corrected chi connectivity index (χ3v) is 0.847. The van der Waals surface area contributed by atoms with E-state index in [9.17, 15) is 0 Å². The van der Waals surface area contributed by atoms with Gasteiger partial charge in [-0.3, -0.25) is 0 Å². The molecule has 0 unspecified atom stereocenters. The van der Waals surface area contributed by atoms with Crippen LogP contribution >= 0.6 is 0 Å². The Morgan fingerprint density at radius 1 is 0.625 bits per heavy atom. The molecular formula is H6N8. The van der Waals surface area contributed by atoms with Gasteiger partial charge < -0.3 is 0 Å². The number of hydrogen-bond acceptors (Lipinski definition) is 8. The second kappa shape index (κ2) is 1.58. The molecule has 46 valence electrons. The van der Waals surface area contributed by atoms with Crippen LogP contribution in [0.4, 0.5) is 0 Å². The van der Waals surface area contributed by atoms with Gasteiger partial charge in [0.1, 0.15) is 0 Å². The summed E-state index contributed by atoms with van der Waals surface area (Å²) in [7, 11) is 0. The fourth-order valence-corrected chi connectivity index (χ4v) is 0.412. The molecule has 0 amide bonds. The third kappa shape index (κ3) is 0.506. The molecule has 0 saturated carbocycles. The minimum Gasteiger partial charge on any atom is -0.161 e. The average Bonchev–Trinajstić information content (AvgIpc) is 1.47. The Morgan fingerprint density at radius 3 is 1.12 bits per heavy atom. The number of hydrazine groups is 9. The molecule has 0 spiro atoms. The molecule has 0 aromatic heterocycles. The second-order valence-corrected chi connectivity index (χ2v) is 1.32. The van der Waals surface area contributed by atoms with E-state index in [1.54, 1.807) is 10.5 Å². The highest BCUT2D eigenvalue weighted by atomic mass is 16.4. The van der Waals surface area contributed by atoms with Crippen LogP contribution in [-0.2, 0) is 0 Å². The third-order valence-electron chi connectivity index (χ3n) is 0.847. The predicted octanol–water partition coefficient (Wildman–Crippen LogP) is -3.61. The van der Waals surface area contributed by atoms with Crippen LogP contribution in [0.5, 0.6) is 0 Å². The van der Waals surface area contributed by atoms with Gasteiger partial charge in [0, 0.05) is 0 Å². The monoisotopic (exact) mass is 118 g/mol. The van der Waals surface area contributed by atoms with E-state index in [1.165, 1.54) is 0 Å². The van der Waals surface area contributed by atoms with Crippen LogP contribution in [0.25, 0.3) is 0 Å². The lowest BCUT2D eigenvalue weighted by Gasteiger charge is -2.45. The Labute approximate surface area is 44.9 Å². The SMILES string of the molecule is N1NN(N2NNN2)N1. The normalized spacial score (nSPS) is 31.5. The zero-order valence-corrected chi connectivity index (χ0v) is 3.89.